The van der Waals surface area contributed by atoms with E-state index in [9.17, 15) is 9.59 Å². The van der Waals surface area contributed by atoms with Crippen molar-refractivity contribution < 1.29 is 9.59 Å². The molecule has 6 heteroatoms. The van der Waals surface area contributed by atoms with E-state index in [-0.39, 0.29) is 11.5 Å². The minimum absolute atomic E-state index is 0.0646. The molecule has 0 unspecified atom stereocenters. The van der Waals surface area contributed by atoms with Gasteiger partial charge in [-0.05, 0) is 30.6 Å². The zero-order valence-corrected chi connectivity index (χ0v) is 15.5. The average molecular weight is 334 g/mol. The first-order valence-electron chi connectivity index (χ1n) is 8.87. The van der Waals surface area contributed by atoms with Gasteiger partial charge in [-0.1, -0.05) is 40.5 Å². The number of aryl methyl sites for hydroxylation is 2. The Kier molecular flexibility index (Phi) is 5.67. The Morgan fingerprint density at radius 2 is 1.92 bits per heavy atom. The molecule has 0 spiro atoms. The highest BCUT2D eigenvalue weighted by Crippen LogP contribution is 2.37. The largest absolute Gasteiger partial charge is 0.345 e. The number of hydrogen-bond donors (Lipinski definition) is 2. The van der Waals surface area contributed by atoms with Crippen LogP contribution >= 0.6 is 0 Å². The molecule has 2 atom stereocenters. The lowest BCUT2D eigenvalue weighted by Crippen LogP contribution is -2.49. The van der Waals surface area contributed by atoms with Gasteiger partial charge >= 0.3 is 11.8 Å². The third-order valence-electron chi connectivity index (χ3n) is 4.94. The zero-order valence-electron chi connectivity index (χ0n) is 15.5. The molecule has 1 aromatic rings. The van der Waals surface area contributed by atoms with Gasteiger partial charge in [-0.2, -0.15) is 5.10 Å². The highest BCUT2D eigenvalue weighted by atomic mass is 16.2. The number of anilines is 1. The molecular formula is C18H30N4O2. The summed E-state index contributed by atoms with van der Waals surface area (Å²) >= 11 is 0. The monoisotopic (exact) mass is 334 g/mol. The molecule has 0 saturated heterocycles. The van der Waals surface area contributed by atoms with Gasteiger partial charge in [-0.25, -0.2) is 0 Å². The molecule has 24 heavy (non-hydrogen) atoms. The van der Waals surface area contributed by atoms with E-state index in [0.717, 1.165) is 31.4 Å². The normalized spacial score (nSPS) is 21.4. The van der Waals surface area contributed by atoms with Crippen molar-refractivity contribution in [2.45, 2.75) is 65.8 Å². The van der Waals surface area contributed by atoms with E-state index in [1.165, 1.54) is 6.42 Å². The van der Waals surface area contributed by atoms with Crippen molar-refractivity contribution in [1.82, 2.24) is 15.1 Å². The summed E-state index contributed by atoms with van der Waals surface area (Å²) in [4.78, 5) is 24.6. The number of hydrogen-bond acceptors (Lipinski definition) is 3. The quantitative estimate of drug-likeness (QED) is 0.834. The van der Waals surface area contributed by atoms with E-state index >= 15 is 0 Å². The van der Waals surface area contributed by atoms with Crippen LogP contribution in [0.5, 0.6) is 0 Å². The van der Waals surface area contributed by atoms with Crippen molar-refractivity contribution in [2.24, 2.45) is 18.4 Å². The van der Waals surface area contributed by atoms with Gasteiger partial charge in [0.05, 0.1) is 5.69 Å². The molecule has 1 aliphatic rings. The molecule has 1 fully saturated rings. The number of amides is 2. The fraction of sp³-hybridized carbons (Fsp3) is 0.722. The van der Waals surface area contributed by atoms with Crippen LogP contribution in [0, 0.1) is 11.3 Å². The molecule has 1 aromatic heterocycles. The topological polar surface area (TPSA) is 76.0 Å². The Bertz CT molecular complexity index is 601. The molecule has 0 aromatic carbocycles. The smallest absolute Gasteiger partial charge is 0.314 e. The maximum absolute atomic E-state index is 12.3. The van der Waals surface area contributed by atoms with Gasteiger partial charge in [0, 0.05) is 19.2 Å². The summed E-state index contributed by atoms with van der Waals surface area (Å²) in [5.74, 6) is -0.247. The minimum Gasteiger partial charge on any atom is -0.345 e. The lowest BCUT2D eigenvalue weighted by atomic mass is 9.69. The van der Waals surface area contributed by atoms with Crippen molar-refractivity contribution in [3.63, 3.8) is 0 Å². The van der Waals surface area contributed by atoms with Crippen molar-refractivity contribution in [1.29, 1.82) is 0 Å². The minimum atomic E-state index is -0.626. The average Bonchev–Trinajstić information content (AvgIpc) is 2.87. The maximum atomic E-state index is 12.3. The van der Waals surface area contributed by atoms with Crippen LogP contribution in [0.15, 0.2) is 6.07 Å². The number of nitrogens with zero attached hydrogens (tertiary/aromatic N) is 2. The Labute approximate surface area is 144 Å². The molecular weight excluding hydrogens is 304 g/mol. The summed E-state index contributed by atoms with van der Waals surface area (Å²) in [6.07, 6.45) is 5.10. The van der Waals surface area contributed by atoms with Gasteiger partial charge in [-0.3, -0.25) is 14.3 Å². The third kappa shape index (κ3) is 4.36. The van der Waals surface area contributed by atoms with Crippen molar-refractivity contribution in [3.05, 3.63) is 11.8 Å². The summed E-state index contributed by atoms with van der Waals surface area (Å²) in [6.45, 7) is 8.59. The van der Waals surface area contributed by atoms with Crippen LogP contribution in [-0.2, 0) is 23.1 Å². The van der Waals surface area contributed by atoms with E-state index < -0.39 is 11.8 Å². The van der Waals surface area contributed by atoms with Crippen LogP contribution in [0.4, 0.5) is 5.82 Å². The second-order valence-electron chi connectivity index (χ2n) is 7.79. The molecule has 0 aliphatic heterocycles. The maximum Gasteiger partial charge on any atom is 0.314 e. The number of rotatable bonds is 3. The molecule has 2 N–H and O–H groups in total. The molecule has 0 bridgehead atoms. The predicted octanol–water partition coefficient (Wildman–Crippen LogP) is 2.64. The first-order chi connectivity index (χ1) is 11.2. The predicted molar refractivity (Wildman–Crippen MR) is 94.6 cm³/mol. The zero-order chi connectivity index (χ0) is 17.9. The molecule has 1 heterocycles. The lowest BCUT2D eigenvalue weighted by molar-refractivity contribution is -0.137. The SMILES string of the molecule is CCc1cc(NC(=O)C(=O)N[C@H]2CCCC[C@H]2C(C)(C)C)n(C)n1. The third-order valence-corrected chi connectivity index (χ3v) is 4.94. The van der Waals surface area contributed by atoms with E-state index in [0.29, 0.717) is 11.7 Å². The van der Waals surface area contributed by atoms with Gasteiger partial charge < -0.3 is 10.6 Å². The van der Waals surface area contributed by atoms with Crippen molar-refractivity contribution in [3.8, 4) is 0 Å². The van der Waals surface area contributed by atoms with Crippen LogP contribution in [0.2, 0.25) is 0 Å². The first kappa shape index (κ1) is 18.5. The summed E-state index contributed by atoms with van der Waals surface area (Å²) in [5.41, 5.74) is 1.00. The number of carbonyl (C=O) groups is 2. The van der Waals surface area contributed by atoms with Gasteiger partial charge in [-0.15, -0.1) is 0 Å². The van der Waals surface area contributed by atoms with Crippen LogP contribution in [0.3, 0.4) is 0 Å². The second-order valence-corrected chi connectivity index (χ2v) is 7.79. The molecule has 6 nitrogen and oxygen atoms in total. The summed E-state index contributed by atoms with van der Waals surface area (Å²) < 4.78 is 1.59. The van der Waals surface area contributed by atoms with Gasteiger partial charge in [0.2, 0.25) is 0 Å². The number of nitrogens with one attached hydrogen (secondary N) is 2. The second kappa shape index (κ2) is 7.36. The summed E-state index contributed by atoms with van der Waals surface area (Å²) in [5, 5.41) is 9.88. The van der Waals surface area contributed by atoms with Crippen LogP contribution in [0.25, 0.3) is 0 Å². The highest BCUT2D eigenvalue weighted by molar-refractivity contribution is 6.39. The standard InChI is InChI=1S/C18H30N4O2/c1-6-12-11-15(22(5)21-12)20-17(24)16(23)19-14-10-8-7-9-13(14)18(2,3)4/h11,13-14H,6-10H2,1-5H3,(H,19,23)(H,20,24)/t13-,14+/m1/s1. The van der Waals surface area contributed by atoms with Crippen LogP contribution < -0.4 is 10.6 Å². The molecule has 1 aliphatic carbocycles. The van der Waals surface area contributed by atoms with Crippen LogP contribution in [0.1, 0.15) is 59.1 Å². The van der Waals surface area contributed by atoms with Crippen molar-refractivity contribution in [2.75, 3.05) is 5.32 Å². The van der Waals surface area contributed by atoms with E-state index in [2.05, 4.69) is 36.5 Å². The van der Waals surface area contributed by atoms with Gasteiger partial charge in [0.1, 0.15) is 5.82 Å². The number of aromatic nitrogens is 2. The van der Waals surface area contributed by atoms with E-state index in [4.69, 9.17) is 0 Å². The molecule has 0 radical (unpaired) electrons. The summed E-state index contributed by atoms with van der Waals surface area (Å²) in [7, 11) is 1.75. The van der Waals surface area contributed by atoms with E-state index in [1.807, 2.05) is 6.92 Å². The Hall–Kier alpha value is -1.85. The lowest BCUT2D eigenvalue weighted by Gasteiger charge is -2.40. The number of carbonyl (C=O) groups excluding carboxylic acids is 2. The van der Waals surface area contributed by atoms with Crippen molar-refractivity contribution >= 4 is 17.6 Å². The summed E-state index contributed by atoms with van der Waals surface area (Å²) in [6, 6.07) is 1.86. The Balaban J connectivity index is 1.99. The molecule has 2 rings (SSSR count). The first-order valence-corrected chi connectivity index (χ1v) is 8.87. The fourth-order valence-electron chi connectivity index (χ4n) is 3.56. The Morgan fingerprint density at radius 1 is 1.25 bits per heavy atom. The van der Waals surface area contributed by atoms with E-state index in [1.54, 1.807) is 17.8 Å². The van der Waals surface area contributed by atoms with Gasteiger partial charge in [0.15, 0.2) is 0 Å². The van der Waals surface area contributed by atoms with Gasteiger partial charge in [0.25, 0.3) is 0 Å². The highest BCUT2D eigenvalue weighted by Gasteiger charge is 2.35. The molecule has 134 valence electrons. The molecule has 2 amide bonds. The van der Waals surface area contributed by atoms with Crippen LogP contribution in [-0.4, -0.2) is 27.6 Å². The Morgan fingerprint density at radius 3 is 2.50 bits per heavy atom. The fourth-order valence-corrected chi connectivity index (χ4v) is 3.56. The molecule has 1 saturated carbocycles.